The Balaban J connectivity index is 2.89. The van der Waals surface area contributed by atoms with Crippen molar-refractivity contribution < 1.29 is 4.39 Å². The standard InChI is InChI=1S/C10H20F/c1-3-5-6-7-8-9-10(11)4-2/h10H,2-9H2,1H3. The first kappa shape index (κ1) is 10.9. The van der Waals surface area contributed by atoms with Crippen molar-refractivity contribution in [2.45, 2.75) is 58.0 Å². The molecule has 0 N–H and O–H groups in total. The van der Waals surface area contributed by atoms with E-state index in [-0.39, 0.29) is 0 Å². The fourth-order valence-electron chi connectivity index (χ4n) is 1.11. The van der Waals surface area contributed by atoms with Gasteiger partial charge in [0.05, 0.1) is 0 Å². The van der Waals surface area contributed by atoms with Crippen LogP contribution in [0.1, 0.15) is 51.9 Å². The summed E-state index contributed by atoms with van der Waals surface area (Å²) >= 11 is 0. The second-order valence-electron chi connectivity index (χ2n) is 3.09. The highest BCUT2D eigenvalue weighted by Gasteiger charge is 2.01. The summed E-state index contributed by atoms with van der Waals surface area (Å²) in [5, 5.41) is 0. The molecule has 0 amide bonds. The van der Waals surface area contributed by atoms with Gasteiger partial charge in [0.15, 0.2) is 0 Å². The molecule has 0 aromatic heterocycles. The largest absolute Gasteiger partial charge is 0.247 e. The SMILES string of the molecule is [CH2]CC(F)CCCCCCC. The highest BCUT2D eigenvalue weighted by molar-refractivity contribution is 4.57. The van der Waals surface area contributed by atoms with Crippen molar-refractivity contribution in [3.05, 3.63) is 6.92 Å². The Bertz CT molecular complexity index is 71.3. The molecule has 1 heteroatoms. The number of hydrogen-bond acceptors (Lipinski definition) is 0. The molecule has 11 heavy (non-hydrogen) atoms. The minimum Gasteiger partial charge on any atom is -0.247 e. The lowest BCUT2D eigenvalue weighted by atomic mass is 10.1. The fourth-order valence-corrected chi connectivity index (χ4v) is 1.11. The van der Waals surface area contributed by atoms with Gasteiger partial charge in [0, 0.05) is 0 Å². The van der Waals surface area contributed by atoms with Crippen LogP contribution in [0.15, 0.2) is 0 Å². The van der Waals surface area contributed by atoms with Crippen LogP contribution >= 0.6 is 0 Å². The predicted molar refractivity (Wildman–Crippen MR) is 48.2 cm³/mol. The molecular weight excluding hydrogens is 139 g/mol. The Labute approximate surface area is 70.2 Å². The average molecular weight is 159 g/mol. The van der Waals surface area contributed by atoms with Crippen LogP contribution in [0.4, 0.5) is 4.39 Å². The summed E-state index contributed by atoms with van der Waals surface area (Å²) in [5.74, 6) is 0. The maximum atomic E-state index is 12.6. The molecule has 0 fully saturated rings. The number of alkyl halides is 1. The molecule has 0 bridgehead atoms. The average Bonchev–Trinajstić information content (AvgIpc) is 2.04. The molecule has 1 radical (unpaired) electrons. The first-order valence-electron chi connectivity index (χ1n) is 4.74. The van der Waals surface area contributed by atoms with Gasteiger partial charge in [-0.25, -0.2) is 4.39 Å². The molecule has 0 saturated heterocycles. The van der Waals surface area contributed by atoms with Gasteiger partial charge in [0.2, 0.25) is 0 Å². The lowest BCUT2D eigenvalue weighted by molar-refractivity contribution is 0.306. The van der Waals surface area contributed by atoms with Crippen LogP contribution in [-0.2, 0) is 0 Å². The Morgan fingerprint density at radius 2 is 1.82 bits per heavy atom. The van der Waals surface area contributed by atoms with Gasteiger partial charge >= 0.3 is 0 Å². The third-order valence-corrected chi connectivity index (χ3v) is 1.93. The fraction of sp³-hybridized carbons (Fsp3) is 0.900. The van der Waals surface area contributed by atoms with Crippen molar-refractivity contribution in [1.82, 2.24) is 0 Å². The van der Waals surface area contributed by atoms with Gasteiger partial charge in [-0.2, -0.15) is 0 Å². The first-order valence-corrected chi connectivity index (χ1v) is 4.74. The minimum atomic E-state index is -0.656. The van der Waals surface area contributed by atoms with E-state index in [1.54, 1.807) is 0 Å². The Kier molecular flexibility index (Phi) is 7.98. The van der Waals surface area contributed by atoms with Crippen molar-refractivity contribution in [2.24, 2.45) is 0 Å². The monoisotopic (exact) mass is 159 g/mol. The van der Waals surface area contributed by atoms with Crippen LogP contribution in [0.3, 0.4) is 0 Å². The molecule has 0 aromatic rings. The number of hydrogen-bond donors (Lipinski definition) is 0. The van der Waals surface area contributed by atoms with E-state index in [4.69, 9.17) is 0 Å². The van der Waals surface area contributed by atoms with Crippen molar-refractivity contribution in [1.29, 1.82) is 0 Å². The van der Waals surface area contributed by atoms with Gasteiger partial charge < -0.3 is 0 Å². The molecule has 0 spiro atoms. The maximum absolute atomic E-state index is 12.6. The molecule has 1 atom stereocenters. The number of unbranched alkanes of at least 4 members (excludes halogenated alkanes) is 4. The Morgan fingerprint density at radius 1 is 1.18 bits per heavy atom. The molecule has 1 unspecified atom stereocenters. The van der Waals surface area contributed by atoms with Crippen molar-refractivity contribution in [3.8, 4) is 0 Å². The second-order valence-corrected chi connectivity index (χ2v) is 3.09. The molecule has 0 saturated carbocycles. The normalized spacial score (nSPS) is 13.4. The zero-order chi connectivity index (χ0) is 8.53. The van der Waals surface area contributed by atoms with E-state index >= 15 is 0 Å². The van der Waals surface area contributed by atoms with Crippen LogP contribution < -0.4 is 0 Å². The molecule has 0 heterocycles. The minimum absolute atomic E-state index is 0.438. The Morgan fingerprint density at radius 3 is 2.36 bits per heavy atom. The van der Waals surface area contributed by atoms with Crippen LogP contribution in [-0.4, -0.2) is 6.17 Å². The summed E-state index contributed by atoms with van der Waals surface area (Å²) in [6, 6.07) is 0. The third-order valence-electron chi connectivity index (χ3n) is 1.93. The Hall–Kier alpha value is -0.0700. The smallest absolute Gasteiger partial charge is 0.100 e. The van der Waals surface area contributed by atoms with E-state index in [2.05, 4.69) is 13.8 Å². The van der Waals surface area contributed by atoms with Gasteiger partial charge in [0.25, 0.3) is 0 Å². The molecule has 0 rings (SSSR count). The maximum Gasteiger partial charge on any atom is 0.100 e. The summed E-state index contributed by atoms with van der Waals surface area (Å²) in [6.07, 6.45) is 6.54. The quantitative estimate of drug-likeness (QED) is 0.494. The van der Waals surface area contributed by atoms with E-state index in [0.717, 1.165) is 6.42 Å². The molecule has 0 aliphatic heterocycles. The van der Waals surface area contributed by atoms with E-state index in [1.807, 2.05) is 0 Å². The van der Waals surface area contributed by atoms with Crippen LogP contribution in [0.2, 0.25) is 0 Å². The molecule has 0 aliphatic rings. The van der Waals surface area contributed by atoms with Crippen LogP contribution in [0, 0.1) is 6.92 Å². The van der Waals surface area contributed by atoms with Gasteiger partial charge in [-0.3, -0.25) is 0 Å². The lowest BCUT2D eigenvalue weighted by Crippen LogP contribution is -1.96. The molecule has 0 aliphatic carbocycles. The van der Waals surface area contributed by atoms with Crippen LogP contribution in [0.5, 0.6) is 0 Å². The highest BCUT2D eigenvalue weighted by atomic mass is 19.1. The van der Waals surface area contributed by atoms with Gasteiger partial charge in [-0.05, 0) is 12.8 Å². The lowest BCUT2D eigenvalue weighted by Gasteiger charge is -2.03. The highest BCUT2D eigenvalue weighted by Crippen LogP contribution is 2.10. The van der Waals surface area contributed by atoms with Gasteiger partial charge in [-0.15, -0.1) is 0 Å². The number of halogens is 1. The summed E-state index contributed by atoms with van der Waals surface area (Å²) in [7, 11) is 0. The van der Waals surface area contributed by atoms with Gasteiger partial charge in [0.1, 0.15) is 6.17 Å². The summed E-state index contributed by atoms with van der Waals surface area (Å²) in [5.41, 5.74) is 0. The third kappa shape index (κ3) is 7.83. The first-order chi connectivity index (χ1) is 5.31. The van der Waals surface area contributed by atoms with Crippen molar-refractivity contribution in [3.63, 3.8) is 0 Å². The van der Waals surface area contributed by atoms with E-state index in [9.17, 15) is 4.39 Å². The topological polar surface area (TPSA) is 0 Å². The van der Waals surface area contributed by atoms with E-state index in [1.165, 1.54) is 25.7 Å². The molecule has 67 valence electrons. The second kappa shape index (κ2) is 8.03. The summed E-state index contributed by atoms with van der Waals surface area (Å²) in [4.78, 5) is 0. The molecular formula is C10H20F. The number of rotatable bonds is 7. The predicted octanol–water partition coefficient (Wildman–Crippen LogP) is 3.91. The summed E-state index contributed by atoms with van der Waals surface area (Å²) < 4.78 is 12.6. The van der Waals surface area contributed by atoms with Crippen LogP contribution in [0.25, 0.3) is 0 Å². The summed E-state index contributed by atoms with van der Waals surface area (Å²) in [6.45, 7) is 5.71. The van der Waals surface area contributed by atoms with E-state index in [0.29, 0.717) is 12.8 Å². The van der Waals surface area contributed by atoms with E-state index < -0.39 is 6.17 Å². The van der Waals surface area contributed by atoms with Gasteiger partial charge in [-0.1, -0.05) is 46.0 Å². The molecule has 0 aromatic carbocycles. The zero-order valence-corrected chi connectivity index (χ0v) is 7.61. The molecule has 0 nitrogen and oxygen atoms in total. The van der Waals surface area contributed by atoms with Crippen molar-refractivity contribution >= 4 is 0 Å². The zero-order valence-electron chi connectivity index (χ0n) is 7.61. The van der Waals surface area contributed by atoms with Crippen molar-refractivity contribution in [2.75, 3.05) is 0 Å².